The first-order valence-electron chi connectivity index (χ1n) is 10.7. The van der Waals surface area contributed by atoms with Gasteiger partial charge in [0, 0.05) is 32.7 Å². The Labute approximate surface area is 190 Å². The maximum atomic E-state index is 13.1. The normalized spacial score (nSPS) is 15.3. The van der Waals surface area contributed by atoms with Crippen LogP contribution in [-0.2, 0) is 24.1 Å². The zero-order valence-electron chi connectivity index (χ0n) is 18.4. The third-order valence-corrected chi connectivity index (χ3v) is 7.74. The standard InChI is InChI=1S/C22H25N5O5S/c1-25-19-18(21(29)26(2)22(25)30)13-16(14-23-19)24-20(28)15-8-7-9-17(12-15)33(31,32)27-10-5-3-4-6-11-27/h7-9,12-14H,3-6,10-11H2,1-2H3,(H,24,28). The summed E-state index contributed by atoms with van der Waals surface area (Å²) in [6.45, 7) is 0.942. The third-order valence-electron chi connectivity index (χ3n) is 5.85. The van der Waals surface area contributed by atoms with Gasteiger partial charge in [-0.3, -0.25) is 18.7 Å². The number of carbonyl (C=O) groups is 1. The summed E-state index contributed by atoms with van der Waals surface area (Å²) >= 11 is 0. The lowest BCUT2D eigenvalue weighted by Gasteiger charge is -2.20. The number of nitrogens with zero attached hydrogens (tertiary/aromatic N) is 4. The average Bonchev–Trinajstić information content (AvgIpc) is 3.12. The van der Waals surface area contributed by atoms with Crippen molar-refractivity contribution in [3.8, 4) is 0 Å². The first-order chi connectivity index (χ1) is 15.7. The summed E-state index contributed by atoms with van der Waals surface area (Å²) in [6.07, 6.45) is 4.99. The fourth-order valence-electron chi connectivity index (χ4n) is 3.97. The number of pyridine rings is 1. The van der Waals surface area contributed by atoms with E-state index in [0.29, 0.717) is 13.1 Å². The monoisotopic (exact) mass is 471 g/mol. The maximum Gasteiger partial charge on any atom is 0.332 e. The molecule has 2 aromatic heterocycles. The van der Waals surface area contributed by atoms with Crippen molar-refractivity contribution in [2.75, 3.05) is 18.4 Å². The Morgan fingerprint density at radius 1 is 1.00 bits per heavy atom. The number of fused-ring (bicyclic) bond motifs is 1. The van der Waals surface area contributed by atoms with Crippen LogP contribution in [-0.4, -0.2) is 45.8 Å². The Hall–Kier alpha value is -3.31. The van der Waals surface area contributed by atoms with Crippen LogP contribution in [0.15, 0.2) is 51.0 Å². The molecule has 0 atom stereocenters. The van der Waals surface area contributed by atoms with Crippen LogP contribution in [0.25, 0.3) is 11.0 Å². The zero-order valence-corrected chi connectivity index (χ0v) is 19.3. The van der Waals surface area contributed by atoms with Crippen molar-refractivity contribution in [3.05, 3.63) is 62.9 Å². The number of nitrogens with one attached hydrogen (secondary N) is 1. The molecule has 1 saturated heterocycles. The molecule has 10 nitrogen and oxygen atoms in total. The number of aromatic nitrogens is 3. The van der Waals surface area contributed by atoms with E-state index in [1.54, 1.807) is 0 Å². The molecule has 3 heterocycles. The molecular formula is C22H25N5O5S. The highest BCUT2D eigenvalue weighted by atomic mass is 32.2. The molecule has 33 heavy (non-hydrogen) atoms. The second-order valence-electron chi connectivity index (χ2n) is 8.10. The number of hydrogen-bond acceptors (Lipinski definition) is 6. The minimum atomic E-state index is -3.70. The van der Waals surface area contributed by atoms with Gasteiger partial charge in [-0.2, -0.15) is 4.31 Å². The van der Waals surface area contributed by atoms with Gasteiger partial charge in [0.15, 0.2) is 0 Å². The highest BCUT2D eigenvalue weighted by Gasteiger charge is 2.26. The van der Waals surface area contributed by atoms with Crippen LogP contribution in [0.4, 0.5) is 5.69 Å². The molecule has 174 valence electrons. The van der Waals surface area contributed by atoms with Crippen LogP contribution in [0, 0.1) is 0 Å². The average molecular weight is 472 g/mol. The van der Waals surface area contributed by atoms with Crippen molar-refractivity contribution in [1.29, 1.82) is 0 Å². The molecule has 3 aromatic rings. The Morgan fingerprint density at radius 2 is 1.70 bits per heavy atom. The van der Waals surface area contributed by atoms with Gasteiger partial charge in [0.05, 0.1) is 22.2 Å². The molecule has 0 bridgehead atoms. The van der Waals surface area contributed by atoms with Crippen LogP contribution in [0.3, 0.4) is 0 Å². The Kier molecular flexibility index (Phi) is 6.17. The molecule has 0 saturated carbocycles. The molecule has 1 amide bonds. The van der Waals surface area contributed by atoms with Gasteiger partial charge in [0.25, 0.3) is 11.5 Å². The molecule has 11 heteroatoms. The molecule has 0 aliphatic carbocycles. The number of hydrogen-bond donors (Lipinski definition) is 1. The molecule has 4 rings (SSSR count). The van der Waals surface area contributed by atoms with E-state index < -0.39 is 27.2 Å². The van der Waals surface area contributed by atoms with Crippen molar-refractivity contribution in [2.45, 2.75) is 30.6 Å². The van der Waals surface area contributed by atoms with Crippen molar-refractivity contribution in [1.82, 2.24) is 18.4 Å². The highest BCUT2D eigenvalue weighted by Crippen LogP contribution is 2.22. The minimum Gasteiger partial charge on any atom is -0.321 e. The third kappa shape index (κ3) is 4.33. The maximum absolute atomic E-state index is 13.1. The van der Waals surface area contributed by atoms with Gasteiger partial charge in [-0.05, 0) is 37.1 Å². The predicted molar refractivity (Wildman–Crippen MR) is 124 cm³/mol. The van der Waals surface area contributed by atoms with Gasteiger partial charge >= 0.3 is 5.69 Å². The summed E-state index contributed by atoms with van der Waals surface area (Å²) < 4.78 is 29.8. The fraction of sp³-hybridized carbons (Fsp3) is 0.364. The summed E-state index contributed by atoms with van der Waals surface area (Å²) in [6, 6.07) is 7.34. The van der Waals surface area contributed by atoms with Crippen molar-refractivity contribution >= 4 is 32.7 Å². The van der Waals surface area contributed by atoms with Gasteiger partial charge in [-0.15, -0.1) is 0 Å². The first kappa shape index (κ1) is 22.9. The highest BCUT2D eigenvalue weighted by molar-refractivity contribution is 7.89. The Balaban J connectivity index is 1.63. The summed E-state index contributed by atoms with van der Waals surface area (Å²) in [7, 11) is -0.826. The molecule has 0 radical (unpaired) electrons. The fourth-order valence-corrected chi connectivity index (χ4v) is 5.53. The van der Waals surface area contributed by atoms with Gasteiger partial charge in [-0.25, -0.2) is 18.2 Å². The van der Waals surface area contributed by atoms with Crippen LogP contribution < -0.4 is 16.6 Å². The summed E-state index contributed by atoms with van der Waals surface area (Å²) in [5, 5.41) is 2.83. The molecule has 1 aliphatic heterocycles. The van der Waals surface area contributed by atoms with Crippen molar-refractivity contribution < 1.29 is 13.2 Å². The minimum absolute atomic E-state index is 0.0672. The number of sulfonamides is 1. The summed E-state index contributed by atoms with van der Waals surface area (Å²) in [5.74, 6) is -0.536. The van der Waals surface area contributed by atoms with Gasteiger partial charge < -0.3 is 5.32 Å². The lowest BCUT2D eigenvalue weighted by Crippen LogP contribution is -2.37. The zero-order chi connectivity index (χ0) is 23.8. The van der Waals surface area contributed by atoms with E-state index >= 15 is 0 Å². The number of rotatable bonds is 4. The van der Waals surface area contributed by atoms with Crippen LogP contribution in [0.2, 0.25) is 0 Å². The largest absolute Gasteiger partial charge is 0.332 e. The quantitative estimate of drug-likeness (QED) is 0.614. The van der Waals surface area contributed by atoms with Crippen LogP contribution >= 0.6 is 0 Å². The molecule has 1 fully saturated rings. The second-order valence-corrected chi connectivity index (χ2v) is 10.0. The molecule has 1 N–H and O–H groups in total. The summed E-state index contributed by atoms with van der Waals surface area (Å²) in [5.41, 5.74) is -0.406. The Morgan fingerprint density at radius 3 is 2.39 bits per heavy atom. The van der Waals surface area contributed by atoms with Gasteiger partial charge in [-0.1, -0.05) is 18.9 Å². The number of amides is 1. The second kappa shape index (κ2) is 8.91. The lowest BCUT2D eigenvalue weighted by atomic mass is 10.2. The molecule has 0 spiro atoms. The topological polar surface area (TPSA) is 123 Å². The predicted octanol–water partition coefficient (Wildman–Crippen LogP) is 1.45. The van der Waals surface area contributed by atoms with Crippen LogP contribution in [0.1, 0.15) is 36.0 Å². The van der Waals surface area contributed by atoms with Crippen LogP contribution in [0.5, 0.6) is 0 Å². The first-order valence-corrected chi connectivity index (χ1v) is 12.1. The van der Waals surface area contributed by atoms with E-state index in [1.165, 1.54) is 59.5 Å². The number of benzene rings is 1. The van der Waals surface area contributed by atoms with E-state index in [1.807, 2.05) is 0 Å². The SMILES string of the molecule is Cn1c(=O)c2cc(NC(=O)c3cccc(S(=O)(=O)N4CCCCCC4)c3)cnc2n(C)c1=O. The van der Waals surface area contributed by atoms with Gasteiger partial charge in [0.1, 0.15) is 5.65 Å². The van der Waals surface area contributed by atoms with E-state index in [0.717, 1.165) is 30.3 Å². The van der Waals surface area contributed by atoms with E-state index in [4.69, 9.17) is 0 Å². The molecule has 1 aromatic carbocycles. The van der Waals surface area contributed by atoms with E-state index in [2.05, 4.69) is 10.3 Å². The van der Waals surface area contributed by atoms with Gasteiger partial charge in [0.2, 0.25) is 10.0 Å². The van der Waals surface area contributed by atoms with Crippen molar-refractivity contribution in [3.63, 3.8) is 0 Å². The van der Waals surface area contributed by atoms with E-state index in [-0.39, 0.29) is 27.2 Å². The Bertz CT molecular complexity index is 1450. The lowest BCUT2D eigenvalue weighted by molar-refractivity contribution is 0.102. The summed E-state index contributed by atoms with van der Waals surface area (Å²) in [4.78, 5) is 41.6. The number of anilines is 1. The smallest absolute Gasteiger partial charge is 0.321 e. The number of carbonyl (C=O) groups excluding carboxylic acids is 1. The molecule has 1 aliphatic rings. The molecular weight excluding hydrogens is 446 g/mol. The van der Waals surface area contributed by atoms with Crippen molar-refractivity contribution in [2.24, 2.45) is 14.1 Å². The number of aryl methyl sites for hydroxylation is 1. The van der Waals surface area contributed by atoms with E-state index in [9.17, 15) is 22.8 Å². The molecule has 0 unspecified atom stereocenters.